The second-order valence-corrected chi connectivity index (χ2v) is 0.981. The van der Waals surface area contributed by atoms with Crippen LogP contribution in [0.3, 0.4) is 0 Å². The third-order valence-corrected chi connectivity index (χ3v) is 0. The maximum atomic E-state index is 8.67. The summed E-state index contributed by atoms with van der Waals surface area (Å²) in [7, 11) is 0. The van der Waals surface area contributed by atoms with E-state index in [1.54, 1.807) is 0 Å². The summed E-state index contributed by atoms with van der Waals surface area (Å²) in [6.45, 7) is 0. The van der Waals surface area contributed by atoms with E-state index >= 15 is 0 Å². The van der Waals surface area contributed by atoms with Gasteiger partial charge in [0.05, 0.1) is 0 Å². The second-order valence-electron chi connectivity index (χ2n) is 0.238. The first-order valence-electron chi connectivity index (χ1n) is 0.565. The Morgan fingerprint density at radius 3 is 1.50 bits per heavy atom. The Bertz CT molecular complexity index is 63.3. The first kappa shape index (κ1) is 15.6. The van der Waals surface area contributed by atoms with Gasteiger partial charge in [-0.05, 0) is 0 Å². The van der Waals surface area contributed by atoms with Crippen LogP contribution in [0.2, 0.25) is 0 Å². The summed E-state index contributed by atoms with van der Waals surface area (Å²) in [4.78, 5) is 0. The van der Waals surface area contributed by atoms with Gasteiger partial charge < -0.3 is 1.43 Å². The zero-order chi connectivity index (χ0) is 3.58. The Morgan fingerprint density at radius 1 is 1.50 bits per heavy atom. The molecule has 0 amide bonds. The molecule has 1 radical (unpaired) electrons. The second kappa shape index (κ2) is 9.70. The van der Waals surface area contributed by atoms with Crippen LogP contribution in [0.4, 0.5) is 0 Å². The van der Waals surface area contributed by atoms with Gasteiger partial charge in [0, 0.05) is 22.4 Å². The van der Waals surface area contributed by atoms with E-state index in [1.807, 2.05) is 0 Å². The average molecular weight is 216 g/mol. The van der Waals surface area contributed by atoms with Gasteiger partial charge in [0.25, 0.3) is 0 Å². The number of rotatable bonds is 0. The average Bonchev–Trinajstić information content (AvgIpc) is 0.811. The topological polar surface area (TPSA) is 54.4 Å². The van der Waals surface area contributed by atoms with Crippen molar-refractivity contribution in [2.24, 2.45) is 0 Å². The summed E-state index contributed by atoms with van der Waals surface area (Å²) in [5.41, 5.74) is 0. The van der Waals surface area contributed by atoms with Crippen LogP contribution in [0, 0.1) is 0 Å². The van der Waals surface area contributed by atoms with Crippen LogP contribution in [0.1, 0.15) is 1.43 Å². The van der Waals surface area contributed by atoms with Gasteiger partial charge in [-0.3, -0.25) is 0 Å². The third-order valence-electron chi connectivity index (χ3n) is 0. The van der Waals surface area contributed by atoms with E-state index < -0.39 is 15.4 Å². The van der Waals surface area contributed by atoms with E-state index in [0.29, 0.717) is 0 Å². The predicted octanol–water partition coefficient (Wildman–Crippen LogP) is -3.68. The van der Waals surface area contributed by atoms with Crippen molar-refractivity contribution < 1.29 is 69.4 Å². The normalized spacial score (nSPS) is 4.17. The summed E-state index contributed by atoms with van der Waals surface area (Å²) in [6, 6.07) is 0. The minimum absolute atomic E-state index is 0. The van der Waals surface area contributed by atoms with Crippen molar-refractivity contribution >= 4 is 0 Å². The van der Waals surface area contributed by atoms with E-state index in [0.717, 1.165) is 0 Å². The van der Waals surface area contributed by atoms with Crippen molar-refractivity contribution in [1.82, 2.24) is 0 Å². The molecule has 0 aliphatic heterocycles. The third kappa shape index (κ3) is 50.1. The Hall–Kier alpha value is 1.48. The van der Waals surface area contributed by atoms with Crippen molar-refractivity contribution in [1.29, 1.82) is 0 Å². The van der Waals surface area contributed by atoms with Crippen LogP contribution in [0.5, 0.6) is 0 Å². The number of hydrogen-bond donors (Lipinski definition) is 1. The monoisotopic (exact) mass is 215 g/mol. The first-order valence-corrected chi connectivity index (χ1v) is 2.33. The van der Waals surface area contributed by atoms with E-state index in [9.17, 15) is 0 Å². The van der Waals surface area contributed by atoms with Gasteiger partial charge in [0.1, 0.15) is 0 Å². The van der Waals surface area contributed by atoms with Crippen molar-refractivity contribution in [2.75, 3.05) is 0 Å². The van der Waals surface area contributed by atoms with Crippen LogP contribution in [0.15, 0.2) is 0 Å². The van der Waals surface area contributed by atoms with Gasteiger partial charge in [-0.15, -0.1) is 0 Å². The SMILES string of the molecule is [Ag].[H-].[Li+].[O]=[V](=[O])[OH]. The van der Waals surface area contributed by atoms with E-state index in [4.69, 9.17) is 11.4 Å². The molecule has 0 heterocycles. The van der Waals surface area contributed by atoms with E-state index in [1.165, 1.54) is 0 Å². The molecule has 0 saturated heterocycles. The summed E-state index contributed by atoms with van der Waals surface area (Å²) in [6.07, 6.45) is 0. The molecule has 0 aromatic rings. The van der Waals surface area contributed by atoms with Crippen LogP contribution in [-0.4, -0.2) is 4.03 Å². The first-order chi connectivity index (χ1) is 1.73. The van der Waals surface area contributed by atoms with Crippen LogP contribution < -0.4 is 18.9 Å². The number of hydrogen-bond acceptors (Lipinski definition) is 2. The van der Waals surface area contributed by atoms with Gasteiger partial charge in [0.2, 0.25) is 0 Å². The summed E-state index contributed by atoms with van der Waals surface area (Å²) in [5.74, 6) is 0. The fourth-order valence-electron chi connectivity index (χ4n) is 0. The van der Waals surface area contributed by atoms with E-state index in [-0.39, 0.29) is 42.7 Å². The summed E-state index contributed by atoms with van der Waals surface area (Å²) >= 11 is -3.69. The Morgan fingerprint density at radius 2 is 1.50 bits per heavy atom. The van der Waals surface area contributed by atoms with Crippen LogP contribution >= 0.6 is 0 Å². The molecular formula is H2AgLiO3V. The molecule has 0 aromatic carbocycles. The predicted molar refractivity (Wildman–Crippen MR) is 4.70 cm³/mol. The standard InChI is InChI=1S/Ag.Li.H2O.2O.V.H/h;;1H2;;;;/q;+1;;;;+1;-1/p-1. The van der Waals surface area contributed by atoms with Crippen molar-refractivity contribution in [2.45, 2.75) is 0 Å². The molecule has 3 nitrogen and oxygen atoms in total. The molecule has 37 valence electrons. The van der Waals surface area contributed by atoms with Crippen molar-refractivity contribution in [3.8, 4) is 0 Å². The molecule has 1 N–H and O–H groups in total. The molecule has 0 saturated carbocycles. The van der Waals surface area contributed by atoms with Gasteiger partial charge >= 0.3 is 45.6 Å². The van der Waals surface area contributed by atoms with Crippen molar-refractivity contribution in [3.63, 3.8) is 0 Å². The van der Waals surface area contributed by atoms with Crippen LogP contribution in [-0.2, 0) is 45.1 Å². The van der Waals surface area contributed by atoms with Crippen molar-refractivity contribution in [3.05, 3.63) is 0 Å². The maximum absolute atomic E-state index is 8.67. The quantitative estimate of drug-likeness (QED) is 0.424. The summed E-state index contributed by atoms with van der Waals surface area (Å²) in [5, 5.41) is 0. The molecule has 0 atom stereocenters. The Labute approximate surface area is 69.0 Å². The minimum atomic E-state index is -3.69. The van der Waals surface area contributed by atoms with Crippen LogP contribution in [0.25, 0.3) is 0 Å². The Balaban J connectivity index is -0.0000000150. The zero-order valence-electron chi connectivity index (χ0n) is 4.01. The van der Waals surface area contributed by atoms with E-state index in [2.05, 4.69) is 0 Å². The Kier molecular flexibility index (Phi) is 25.3. The molecule has 0 bridgehead atoms. The zero-order valence-corrected chi connectivity index (χ0v) is 5.89. The molecular weight excluding hydrogens is 214 g/mol. The summed E-state index contributed by atoms with van der Waals surface area (Å²) < 4.78 is 24.4. The van der Waals surface area contributed by atoms with Gasteiger partial charge in [-0.1, -0.05) is 0 Å². The van der Waals surface area contributed by atoms with Gasteiger partial charge in [-0.25, -0.2) is 0 Å². The van der Waals surface area contributed by atoms with Gasteiger partial charge in [0.15, 0.2) is 0 Å². The molecule has 0 unspecified atom stereocenters. The molecule has 6 heavy (non-hydrogen) atoms. The van der Waals surface area contributed by atoms with Gasteiger partial charge in [-0.2, -0.15) is 0 Å². The molecule has 0 rings (SSSR count). The fraction of sp³-hybridized carbons (Fsp3) is 0. The molecule has 6 heteroatoms. The molecule has 0 spiro atoms. The molecule has 0 fully saturated rings. The molecule has 0 aliphatic rings. The molecule has 0 aromatic heterocycles. The molecule has 0 aliphatic carbocycles. The fourth-order valence-corrected chi connectivity index (χ4v) is 0.